The average molecular weight is 462 g/mol. The molecule has 1 fully saturated rings. The lowest BCUT2D eigenvalue weighted by Gasteiger charge is -2.31. The van der Waals surface area contributed by atoms with Crippen LogP contribution < -0.4 is 15.0 Å². The van der Waals surface area contributed by atoms with E-state index in [0.717, 1.165) is 51.9 Å². The van der Waals surface area contributed by atoms with Gasteiger partial charge in [-0.15, -0.1) is 0 Å². The van der Waals surface area contributed by atoms with Crippen LogP contribution in [0.15, 0.2) is 54.6 Å². The summed E-state index contributed by atoms with van der Waals surface area (Å²) < 4.78 is 8.65. The second-order valence-electron chi connectivity index (χ2n) is 8.19. The molecule has 0 radical (unpaired) electrons. The number of nitrogens with zero attached hydrogens (tertiary/aromatic N) is 4. The molecule has 0 unspecified atom stereocenters. The molecule has 1 atom stereocenters. The first-order valence-electron chi connectivity index (χ1n) is 11.3. The van der Waals surface area contributed by atoms with E-state index in [-0.39, 0.29) is 11.8 Å². The van der Waals surface area contributed by atoms with Crippen molar-refractivity contribution in [3.8, 4) is 11.4 Å². The van der Waals surface area contributed by atoms with Crippen molar-refractivity contribution in [2.75, 3.05) is 29.9 Å². The Morgan fingerprint density at radius 2 is 1.97 bits per heavy atom. The summed E-state index contributed by atoms with van der Waals surface area (Å²) >= 11 is 1.65. The highest BCUT2D eigenvalue weighted by atomic mass is 32.1. The van der Waals surface area contributed by atoms with Gasteiger partial charge in [0, 0.05) is 13.1 Å². The van der Waals surface area contributed by atoms with Gasteiger partial charge in [0.2, 0.25) is 5.91 Å². The minimum atomic E-state index is -0.104. The molecule has 1 saturated heterocycles. The van der Waals surface area contributed by atoms with E-state index in [0.29, 0.717) is 18.9 Å². The Morgan fingerprint density at radius 1 is 1.18 bits per heavy atom. The summed E-state index contributed by atoms with van der Waals surface area (Å²) in [6.45, 7) is 6.06. The predicted octanol–water partition coefficient (Wildman–Crippen LogP) is 5.04. The first kappa shape index (κ1) is 21.5. The van der Waals surface area contributed by atoms with Crippen molar-refractivity contribution < 1.29 is 9.53 Å². The molecule has 0 spiro atoms. The van der Waals surface area contributed by atoms with Gasteiger partial charge in [-0.2, -0.15) is 10.1 Å². The second kappa shape index (κ2) is 9.23. The van der Waals surface area contributed by atoms with Gasteiger partial charge in [-0.25, -0.2) is 4.68 Å². The highest BCUT2D eigenvalue weighted by Crippen LogP contribution is 2.35. The van der Waals surface area contributed by atoms with Gasteiger partial charge in [0.15, 0.2) is 10.8 Å². The molecular weight excluding hydrogens is 434 g/mol. The zero-order chi connectivity index (χ0) is 22.8. The van der Waals surface area contributed by atoms with E-state index in [9.17, 15) is 4.79 Å². The molecule has 0 aliphatic carbocycles. The maximum absolute atomic E-state index is 13.1. The third kappa shape index (κ3) is 4.30. The molecule has 1 aliphatic heterocycles. The van der Waals surface area contributed by atoms with E-state index in [2.05, 4.69) is 15.3 Å². The van der Waals surface area contributed by atoms with Crippen LogP contribution in [-0.2, 0) is 4.79 Å². The van der Waals surface area contributed by atoms with Crippen molar-refractivity contribution in [2.45, 2.75) is 26.7 Å². The van der Waals surface area contributed by atoms with E-state index in [1.807, 2.05) is 73.1 Å². The summed E-state index contributed by atoms with van der Waals surface area (Å²) in [6.07, 6.45) is 1.81. The summed E-state index contributed by atoms with van der Waals surface area (Å²) in [5.41, 5.74) is 3.56. The van der Waals surface area contributed by atoms with E-state index < -0.39 is 0 Å². The molecule has 170 valence electrons. The molecule has 1 amide bonds. The van der Waals surface area contributed by atoms with Gasteiger partial charge in [-0.3, -0.25) is 4.79 Å². The van der Waals surface area contributed by atoms with E-state index in [1.165, 1.54) is 0 Å². The Morgan fingerprint density at radius 3 is 2.79 bits per heavy atom. The number of piperidine rings is 1. The Balaban J connectivity index is 1.35. The van der Waals surface area contributed by atoms with Crippen LogP contribution in [0.3, 0.4) is 0 Å². The number of hydrogen-bond acceptors (Lipinski definition) is 6. The predicted molar refractivity (Wildman–Crippen MR) is 133 cm³/mol. The largest absolute Gasteiger partial charge is 0.492 e. The third-order valence-electron chi connectivity index (χ3n) is 5.89. The molecular formula is C25H27N5O2S. The number of aryl methyl sites for hydroxylation is 1. The topological polar surface area (TPSA) is 72.3 Å². The smallest absolute Gasteiger partial charge is 0.229 e. The Labute approximate surface area is 197 Å². The summed E-state index contributed by atoms with van der Waals surface area (Å²) in [6, 6.07) is 17.7. The second-order valence-corrected chi connectivity index (χ2v) is 9.16. The molecule has 2 aromatic heterocycles. The monoisotopic (exact) mass is 461 g/mol. The van der Waals surface area contributed by atoms with Gasteiger partial charge in [-0.1, -0.05) is 41.7 Å². The summed E-state index contributed by atoms with van der Waals surface area (Å²) in [5, 5.41) is 8.71. The van der Waals surface area contributed by atoms with Crippen molar-refractivity contribution in [1.82, 2.24) is 14.8 Å². The standard InChI is InChI=1S/C25H27N5O2S/c1-3-32-21-14-8-7-13-20(21)26-24(31)18-10-9-15-29(16-18)25-27-23-22(33-25)17(2)28-30(23)19-11-5-4-6-12-19/h4-8,11-14,18H,3,9-10,15-16H2,1-2H3,(H,26,31)/t18-/m0/s1. The minimum absolute atomic E-state index is 0.0274. The first-order chi connectivity index (χ1) is 16.1. The summed E-state index contributed by atoms with van der Waals surface area (Å²) in [7, 11) is 0. The average Bonchev–Trinajstić information content (AvgIpc) is 3.42. The number of carbonyl (C=O) groups is 1. The van der Waals surface area contributed by atoms with Crippen LogP contribution in [0.4, 0.5) is 10.8 Å². The van der Waals surface area contributed by atoms with Crippen LogP contribution in [0.5, 0.6) is 5.75 Å². The number of ether oxygens (including phenoxy) is 1. The number of fused-ring (bicyclic) bond motifs is 1. The van der Waals surface area contributed by atoms with Gasteiger partial charge < -0.3 is 15.0 Å². The molecule has 7 nitrogen and oxygen atoms in total. The zero-order valence-corrected chi connectivity index (χ0v) is 19.6. The fourth-order valence-corrected chi connectivity index (χ4v) is 5.28. The number of rotatable bonds is 6. The number of benzene rings is 2. The number of thiazole rings is 1. The quantitative estimate of drug-likeness (QED) is 0.435. The summed E-state index contributed by atoms with van der Waals surface area (Å²) in [4.78, 5) is 20.3. The molecule has 8 heteroatoms. The van der Waals surface area contributed by atoms with Gasteiger partial charge >= 0.3 is 0 Å². The van der Waals surface area contributed by atoms with Crippen molar-refractivity contribution in [3.05, 3.63) is 60.3 Å². The SMILES string of the molecule is CCOc1ccccc1NC(=O)[C@H]1CCCN(c2nc3c(s2)c(C)nn3-c2ccccc2)C1. The lowest BCUT2D eigenvalue weighted by molar-refractivity contribution is -0.120. The van der Waals surface area contributed by atoms with Crippen molar-refractivity contribution in [2.24, 2.45) is 5.92 Å². The minimum Gasteiger partial charge on any atom is -0.492 e. The molecule has 3 heterocycles. The highest BCUT2D eigenvalue weighted by Gasteiger charge is 2.29. The van der Waals surface area contributed by atoms with Crippen LogP contribution in [0.25, 0.3) is 16.0 Å². The lowest BCUT2D eigenvalue weighted by Crippen LogP contribution is -2.40. The summed E-state index contributed by atoms with van der Waals surface area (Å²) in [5.74, 6) is 0.625. The lowest BCUT2D eigenvalue weighted by atomic mass is 9.97. The number of para-hydroxylation sites is 3. The van der Waals surface area contributed by atoms with Gasteiger partial charge in [0.1, 0.15) is 5.75 Å². The Hall–Kier alpha value is -3.39. The van der Waals surface area contributed by atoms with Crippen molar-refractivity contribution >= 4 is 38.4 Å². The first-order valence-corrected chi connectivity index (χ1v) is 12.1. The van der Waals surface area contributed by atoms with Crippen LogP contribution in [-0.4, -0.2) is 40.4 Å². The van der Waals surface area contributed by atoms with Crippen LogP contribution in [0.2, 0.25) is 0 Å². The highest BCUT2D eigenvalue weighted by molar-refractivity contribution is 7.22. The Bertz CT molecular complexity index is 1270. The van der Waals surface area contributed by atoms with Gasteiger partial charge in [-0.05, 0) is 51.0 Å². The fourth-order valence-electron chi connectivity index (χ4n) is 4.26. The maximum Gasteiger partial charge on any atom is 0.229 e. The van der Waals surface area contributed by atoms with E-state index in [4.69, 9.17) is 9.72 Å². The fraction of sp³-hybridized carbons (Fsp3) is 0.320. The number of aromatic nitrogens is 3. The number of carbonyl (C=O) groups excluding carboxylic acids is 1. The van der Waals surface area contributed by atoms with E-state index >= 15 is 0 Å². The molecule has 33 heavy (non-hydrogen) atoms. The molecule has 2 aromatic carbocycles. The third-order valence-corrected chi connectivity index (χ3v) is 7.10. The van der Waals surface area contributed by atoms with Crippen molar-refractivity contribution in [3.63, 3.8) is 0 Å². The van der Waals surface area contributed by atoms with Crippen LogP contribution in [0.1, 0.15) is 25.5 Å². The molecule has 1 N–H and O–H groups in total. The number of hydrogen-bond donors (Lipinski definition) is 1. The number of anilines is 2. The Kier molecular flexibility index (Phi) is 6.00. The van der Waals surface area contributed by atoms with E-state index in [1.54, 1.807) is 11.3 Å². The van der Waals surface area contributed by atoms with Gasteiger partial charge in [0.25, 0.3) is 0 Å². The van der Waals surface area contributed by atoms with Crippen LogP contribution >= 0.6 is 11.3 Å². The molecule has 5 rings (SSSR count). The normalized spacial score (nSPS) is 16.2. The maximum atomic E-state index is 13.1. The molecule has 0 saturated carbocycles. The number of nitrogens with one attached hydrogen (secondary N) is 1. The van der Waals surface area contributed by atoms with Crippen LogP contribution in [0, 0.1) is 12.8 Å². The zero-order valence-electron chi connectivity index (χ0n) is 18.8. The molecule has 1 aliphatic rings. The molecule has 0 bridgehead atoms. The van der Waals surface area contributed by atoms with Crippen molar-refractivity contribution in [1.29, 1.82) is 0 Å². The molecule has 4 aromatic rings. The number of amides is 1. The van der Waals surface area contributed by atoms with Gasteiger partial charge in [0.05, 0.1) is 34.3 Å².